The maximum atomic E-state index is 12.9. The van der Waals surface area contributed by atoms with Gasteiger partial charge in [-0.2, -0.15) is 0 Å². The van der Waals surface area contributed by atoms with Gasteiger partial charge in [-0.25, -0.2) is 4.39 Å². The Labute approximate surface area is 102 Å². The number of hydrogen-bond acceptors (Lipinski definition) is 1. The highest BCUT2D eigenvalue weighted by atomic mass is 35.5. The lowest BCUT2D eigenvalue weighted by Gasteiger charge is -2.24. The van der Waals surface area contributed by atoms with Crippen molar-refractivity contribution in [1.82, 2.24) is 5.32 Å². The van der Waals surface area contributed by atoms with E-state index in [4.69, 9.17) is 11.6 Å². The average Bonchev–Trinajstić information content (AvgIpc) is 2.25. The Hall–Kier alpha value is -0.600. The Balaban J connectivity index is 2.89. The van der Waals surface area contributed by atoms with Crippen molar-refractivity contribution in [2.75, 3.05) is 7.05 Å². The van der Waals surface area contributed by atoms with Gasteiger partial charge in [-0.05, 0) is 37.1 Å². The van der Waals surface area contributed by atoms with Crippen LogP contribution in [0.5, 0.6) is 0 Å². The lowest BCUT2D eigenvalue weighted by atomic mass is 9.90. The van der Waals surface area contributed by atoms with E-state index < -0.39 is 0 Å². The van der Waals surface area contributed by atoms with E-state index in [1.165, 1.54) is 12.1 Å². The highest BCUT2D eigenvalue weighted by Gasteiger charge is 2.18. The Morgan fingerprint density at radius 3 is 2.62 bits per heavy atom. The van der Waals surface area contributed by atoms with Crippen molar-refractivity contribution in [1.29, 1.82) is 0 Å². The highest BCUT2D eigenvalue weighted by Crippen LogP contribution is 2.28. The molecule has 3 heteroatoms. The molecular formula is C13H19ClFN. The second kappa shape index (κ2) is 6.21. The molecule has 1 rings (SSSR count). The summed E-state index contributed by atoms with van der Waals surface area (Å²) in [5.74, 6) is 0.00972. The molecule has 2 atom stereocenters. The zero-order chi connectivity index (χ0) is 12.1. The Kier molecular flexibility index (Phi) is 5.23. The number of nitrogens with one attached hydrogen (secondary N) is 1. The fourth-order valence-electron chi connectivity index (χ4n) is 2.04. The van der Waals surface area contributed by atoms with Gasteiger partial charge < -0.3 is 5.32 Å². The predicted molar refractivity (Wildman–Crippen MR) is 67.6 cm³/mol. The SMILES string of the molecule is CCCC(NC)C(C)c1ccc(F)cc1Cl. The average molecular weight is 244 g/mol. The van der Waals surface area contributed by atoms with Crippen molar-refractivity contribution in [2.24, 2.45) is 0 Å². The molecule has 90 valence electrons. The minimum Gasteiger partial charge on any atom is -0.316 e. The lowest BCUT2D eigenvalue weighted by molar-refractivity contribution is 0.451. The van der Waals surface area contributed by atoms with Gasteiger partial charge in [-0.3, -0.25) is 0 Å². The standard InChI is InChI=1S/C13H19ClFN/c1-4-5-13(16-3)9(2)11-7-6-10(15)8-12(11)14/h6-9,13,16H,4-5H2,1-3H3. The van der Waals surface area contributed by atoms with Crippen LogP contribution >= 0.6 is 11.6 Å². The van der Waals surface area contributed by atoms with Crippen molar-refractivity contribution in [2.45, 2.75) is 38.6 Å². The third kappa shape index (κ3) is 3.19. The summed E-state index contributed by atoms with van der Waals surface area (Å²) < 4.78 is 12.9. The van der Waals surface area contributed by atoms with Crippen LogP contribution in [0.1, 0.15) is 38.2 Å². The van der Waals surface area contributed by atoms with Crippen molar-refractivity contribution < 1.29 is 4.39 Å². The minimum atomic E-state index is -0.280. The van der Waals surface area contributed by atoms with Gasteiger partial charge in [0.05, 0.1) is 0 Å². The lowest BCUT2D eigenvalue weighted by Crippen LogP contribution is -2.30. The number of hydrogen-bond donors (Lipinski definition) is 1. The summed E-state index contributed by atoms with van der Waals surface area (Å²) in [6.07, 6.45) is 2.21. The third-order valence-electron chi connectivity index (χ3n) is 3.03. The molecule has 1 N–H and O–H groups in total. The smallest absolute Gasteiger partial charge is 0.124 e. The largest absolute Gasteiger partial charge is 0.316 e. The summed E-state index contributed by atoms with van der Waals surface area (Å²) in [5.41, 5.74) is 1.01. The van der Waals surface area contributed by atoms with Gasteiger partial charge >= 0.3 is 0 Å². The molecule has 0 fully saturated rings. The molecule has 16 heavy (non-hydrogen) atoms. The minimum absolute atomic E-state index is 0.280. The molecule has 1 aromatic rings. The summed E-state index contributed by atoms with van der Waals surface area (Å²) in [6, 6.07) is 5.01. The van der Waals surface area contributed by atoms with Crippen LogP contribution in [0.3, 0.4) is 0 Å². The molecule has 0 aromatic heterocycles. The molecule has 0 saturated heterocycles. The quantitative estimate of drug-likeness (QED) is 0.825. The van der Waals surface area contributed by atoms with Crippen LogP contribution < -0.4 is 5.32 Å². The van der Waals surface area contributed by atoms with Gasteiger partial charge in [-0.1, -0.05) is 37.9 Å². The summed E-state index contributed by atoms with van der Waals surface area (Å²) in [7, 11) is 1.95. The molecule has 1 aromatic carbocycles. The van der Waals surface area contributed by atoms with E-state index in [2.05, 4.69) is 19.2 Å². The van der Waals surface area contributed by atoms with Crippen LogP contribution in [-0.2, 0) is 0 Å². The number of benzene rings is 1. The van der Waals surface area contributed by atoms with Crippen LogP contribution in [0.2, 0.25) is 5.02 Å². The van der Waals surface area contributed by atoms with Crippen LogP contribution in [0.25, 0.3) is 0 Å². The molecule has 0 radical (unpaired) electrons. The topological polar surface area (TPSA) is 12.0 Å². The van der Waals surface area contributed by atoms with Gasteiger partial charge in [0.1, 0.15) is 5.82 Å². The van der Waals surface area contributed by atoms with Crippen molar-refractivity contribution in [3.8, 4) is 0 Å². The molecule has 0 amide bonds. The summed E-state index contributed by atoms with van der Waals surface area (Å²) in [4.78, 5) is 0. The van der Waals surface area contributed by atoms with E-state index in [-0.39, 0.29) is 11.7 Å². The van der Waals surface area contributed by atoms with E-state index >= 15 is 0 Å². The van der Waals surface area contributed by atoms with Crippen LogP contribution in [-0.4, -0.2) is 13.1 Å². The second-order valence-corrected chi connectivity index (χ2v) is 4.55. The third-order valence-corrected chi connectivity index (χ3v) is 3.35. The van der Waals surface area contributed by atoms with Crippen molar-refractivity contribution in [3.05, 3.63) is 34.6 Å². The van der Waals surface area contributed by atoms with E-state index in [0.717, 1.165) is 18.4 Å². The molecule has 0 heterocycles. The summed E-state index contributed by atoms with van der Waals surface area (Å²) >= 11 is 6.06. The first-order valence-corrected chi connectivity index (χ1v) is 6.10. The van der Waals surface area contributed by atoms with Crippen molar-refractivity contribution in [3.63, 3.8) is 0 Å². The first kappa shape index (κ1) is 13.5. The Morgan fingerprint density at radius 2 is 2.12 bits per heavy atom. The van der Waals surface area contributed by atoms with E-state index in [1.54, 1.807) is 6.07 Å². The van der Waals surface area contributed by atoms with Gasteiger partial charge in [0, 0.05) is 11.1 Å². The molecule has 2 unspecified atom stereocenters. The Bertz CT molecular complexity index is 341. The van der Waals surface area contributed by atoms with E-state index in [0.29, 0.717) is 11.1 Å². The van der Waals surface area contributed by atoms with E-state index in [1.807, 2.05) is 7.05 Å². The highest BCUT2D eigenvalue weighted by molar-refractivity contribution is 6.31. The summed E-state index contributed by atoms with van der Waals surface area (Å²) in [5, 5.41) is 3.81. The van der Waals surface area contributed by atoms with Gasteiger partial charge in [0.25, 0.3) is 0 Å². The van der Waals surface area contributed by atoms with Gasteiger partial charge in [0.2, 0.25) is 0 Å². The fourth-order valence-corrected chi connectivity index (χ4v) is 2.38. The molecule has 0 bridgehead atoms. The second-order valence-electron chi connectivity index (χ2n) is 4.14. The molecular weight excluding hydrogens is 225 g/mol. The van der Waals surface area contributed by atoms with Gasteiger partial charge in [0.15, 0.2) is 0 Å². The zero-order valence-electron chi connectivity index (χ0n) is 10.1. The number of rotatable bonds is 5. The van der Waals surface area contributed by atoms with E-state index in [9.17, 15) is 4.39 Å². The maximum absolute atomic E-state index is 12.9. The van der Waals surface area contributed by atoms with Crippen LogP contribution in [0.15, 0.2) is 18.2 Å². The molecule has 0 aliphatic heterocycles. The molecule has 0 aliphatic carbocycles. The molecule has 0 spiro atoms. The predicted octanol–water partition coefficient (Wildman–Crippen LogP) is 3.97. The molecule has 0 saturated carbocycles. The number of halogens is 2. The number of likely N-dealkylation sites (N-methyl/N-ethyl adjacent to an activating group) is 1. The first-order chi connectivity index (χ1) is 7.60. The van der Waals surface area contributed by atoms with Crippen LogP contribution in [0.4, 0.5) is 4.39 Å². The fraction of sp³-hybridized carbons (Fsp3) is 0.538. The first-order valence-electron chi connectivity index (χ1n) is 5.72. The van der Waals surface area contributed by atoms with Crippen LogP contribution in [0, 0.1) is 5.82 Å². The zero-order valence-corrected chi connectivity index (χ0v) is 10.8. The Morgan fingerprint density at radius 1 is 1.44 bits per heavy atom. The normalized spacial score (nSPS) is 14.8. The summed E-state index contributed by atoms with van der Waals surface area (Å²) in [6.45, 7) is 4.28. The van der Waals surface area contributed by atoms with Crippen molar-refractivity contribution >= 4 is 11.6 Å². The monoisotopic (exact) mass is 243 g/mol. The molecule has 1 nitrogen and oxygen atoms in total. The maximum Gasteiger partial charge on any atom is 0.124 e. The molecule has 0 aliphatic rings. The van der Waals surface area contributed by atoms with Gasteiger partial charge in [-0.15, -0.1) is 0 Å².